The molecule has 2 amide bonds. The Morgan fingerprint density at radius 3 is 2.41 bits per heavy atom. The van der Waals surface area contributed by atoms with Crippen molar-refractivity contribution in [2.45, 2.75) is 45.4 Å². The van der Waals surface area contributed by atoms with E-state index >= 15 is 0 Å². The molecule has 0 aliphatic rings. The van der Waals surface area contributed by atoms with Crippen LogP contribution in [0.25, 0.3) is 0 Å². The highest BCUT2D eigenvalue weighted by Crippen LogP contribution is 2.26. The van der Waals surface area contributed by atoms with Crippen molar-refractivity contribution in [3.63, 3.8) is 0 Å². The lowest BCUT2D eigenvalue weighted by Crippen LogP contribution is -2.33. The van der Waals surface area contributed by atoms with E-state index in [-0.39, 0.29) is 29.5 Å². The molecule has 0 saturated carbocycles. The van der Waals surface area contributed by atoms with Crippen LogP contribution in [0.5, 0.6) is 5.75 Å². The number of anilines is 1. The maximum absolute atomic E-state index is 12.9. The molecule has 3 aromatic rings. The second-order valence-electron chi connectivity index (χ2n) is 8.16. The summed E-state index contributed by atoms with van der Waals surface area (Å²) in [6, 6.07) is 14.3. The number of aryl methyl sites for hydroxylation is 1. The lowest BCUT2D eigenvalue weighted by Gasteiger charge is -2.22. The molecule has 0 fully saturated rings. The van der Waals surface area contributed by atoms with Gasteiger partial charge in [-0.3, -0.25) is 9.59 Å². The van der Waals surface area contributed by atoms with Gasteiger partial charge >= 0.3 is 0 Å². The van der Waals surface area contributed by atoms with Gasteiger partial charge in [-0.25, -0.2) is 0 Å². The van der Waals surface area contributed by atoms with Gasteiger partial charge in [0.2, 0.25) is 5.91 Å². The van der Waals surface area contributed by atoms with Gasteiger partial charge in [-0.05, 0) is 55.7 Å². The molecule has 2 N–H and O–H groups in total. The normalized spacial score (nSPS) is 11.8. The van der Waals surface area contributed by atoms with Gasteiger partial charge in [-0.15, -0.1) is 10.2 Å². The summed E-state index contributed by atoms with van der Waals surface area (Å²) in [6.07, 6.45) is 0. The molecule has 0 bridgehead atoms. The van der Waals surface area contributed by atoms with Crippen LogP contribution in [0, 0.1) is 12.8 Å². The first-order valence-corrected chi connectivity index (χ1v) is 12.2. The van der Waals surface area contributed by atoms with Crippen molar-refractivity contribution in [2.75, 3.05) is 18.2 Å². The molecule has 8 nitrogen and oxygen atoms in total. The SMILES string of the molecule is CCn1c(SCC(=O)Nc2ccccc2C)nnc1C(NC(=O)c1ccc(OC)cc1)C(C)C. The molecule has 1 atom stereocenters. The van der Waals surface area contributed by atoms with E-state index in [2.05, 4.69) is 20.8 Å². The van der Waals surface area contributed by atoms with E-state index in [1.54, 1.807) is 31.4 Å². The van der Waals surface area contributed by atoms with Crippen molar-refractivity contribution in [3.05, 3.63) is 65.5 Å². The smallest absolute Gasteiger partial charge is 0.251 e. The third-order valence-corrected chi connectivity index (χ3v) is 6.36. The molecule has 9 heteroatoms. The average molecular weight is 482 g/mol. The van der Waals surface area contributed by atoms with Crippen molar-refractivity contribution in [1.82, 2.24) is 20.1 Å². The Kier molecular flexibility index (Phi) is 8.70. The summed E-state index contributed by atoms with van der Waals surface area (Å²) in [5.41, 5.74) is 2.34. The molecule has 0 spiro atoms. The molecule has 0 aliphatic heterocycles. The lowest BCUT2D eigenvalue weighted by molar-refractivity contribution is -0.113. The summed E-state index contributed by atoms with van der Waals surface area (Å²) in [5.74, 6) is 1.34. The maximum Gasteiger partial charge on any atom is 0.251 e. The first-order valence-electron chi connectivity index (χ1n) is 11.2. The zero-order valence-electron chi connectivity index (χ0n) is 20.2. The number of carbonyl (C=O) groups is 2. The largest absolute Gasteiger partial charge is 0.497 e. The minimum absolute atomic E-state index is 0.0823. The van der Waals surface area contributed by atoms with Gasteiger partial charge in [-0.2, -0.15) is 0 Å². The Bertz CT molecular complexity index is 1130. The monoisotopic (exact) mass is 481 g/mol. The lowest BCUT2D eigenvalue weighted by atomic mass is 10.0. The fourth-order valence-electron chi connectivity index (χ4n) is 3.46. The molecule has 0 aliphatic carbocycles. The standard InChI is InChI=1S/C25H31N5O3S/c1-6-30-23(22(16(2)3)27-24(32)18-11-13-19(33-5)14-12-18)28-29-25(30)34-15-21(31)26-20-10-8-7-9-17(20)4/h7-14,16,22H,6,15H2,1-5H3,(H,26,31)(H,27,32). The van der Waals surface area contributed by atoms with Crippen LogP contribution in [0.1, 0.15) is 48.6 Å². The third kappa shape index (κ3) is 6.17. The van der Waals surface area contributed by atoms with E-state index < -0.39 is 0 Å². The van der Waals surface area contributed by atoms with E-state index in [0.717, 1.165) is 11.3 Å². The van der Waals surface area contributed by atoms with Crippen LogP contribution >= 0.6 is 11.8 Å². The molecule has 34 heavy (non-hydrogen) atoms. The Morgan fingerprint density at radius 2 is 1.79 bits per heavy atom. The fourth-order valence-corrected chi connectivity index (χ4v) is 4.27. The number of nitrogens with zero attached hydrogens (tertiary/aromatic N) is 3. The number of nitrogens with one attached hydrogen (secondary N) is 2. The van der Waals surface area contributed by atoms with Gasteiger partial charge in [0.15, 0.2) is 11.0 Å². The van der Waals surface area contributed by atoms with E-state index in [4.69, 9.17) is 4.74 Å². The number of hydrogen-bond donors (Lipinski definition) is 2. The summed E-state index contributed by atoms with van der Waals surface area (Å²) in [5, 5.41) is 15.4. The van der Waals surface area contributed by atoms with Gasteiger partial charge in [0.1, 0.15) is 5.75 Å². The zero-order chi connectivity index (χ0) is 24.7. The van der Waals surface area contributed by atoms with Crippen molar-refractivity contribution in [3.8, 4) is 5.75 Å². The summed E-state index contributed by atoms with van der Waals surface area (Å²) in [7, 11) is 1.59. The van der Waals surface area contributed by atoms with Gasteiger partial charge in [0, 0.05) is 17.8 Å². The Hall–Kier alpha value is -3.33. The summed E-state index contributed by atoms with van der Waals surface area (Å²) >= 11 is 1.32. The summed E-state index contributed by atoms with van der Waals surface area (Å²) in [4.78, 5) is 25.4. The second-order valence-corrected chi connectivity index (χ2v) is 9.10. The number of amides is 2. The number of ether oxygens (including phenoxy) is 1. The maximum atomic E-state index is 12.9. The average Bonchev–Trinajstić information content (AvgIpc) is 3.24. The minimum Gasteiger partial charge on any atom is -0.497 e. The number of thioether (sulfide) groups is 1. The number of hydrogen-bond acceptors (Lipinski definition) is 6. The fraction of sp³-hybridized carbons (Fsp3) is 0.360. The predicted molar refractivity (Wildman–Crippen MR) is 134 cm³/mol. The molecular formula is C25H31N5O3S. The van der Waals surface area contributed by atoms with Crippen molar-refractivity contribution >= 4 is 29.3 Å². The number of rotatable bonds is 10. The van der Waals surface area contributed by atoms with Crippen LogP contribution in [0.3, 0.4) is 0 Å². The molecule has 2 aromatic carbocycles. The van der Waals surface area contributed by atoms with Gasteiger partial charge in [0.05, 0.1) is 18.9 Å². The third-order valence-electron chi connectivity index (χ3n) is 5.40. The molecule has 0 radical (unpaired) electrons. The first-order chi connectivity index (χ1) is 16.3. The van der Waals surface area contributed by atoms with Crippen LogP contribution in [-0.4, -0.2) is 39.4 Å². The molecule has 180 valence electrons. The molecule has 1 unspecified atom stereocenters. The Labute approximate surface area is 204 Å². The van der Waals surface area contributed by atoms with Crippen LogP contribution in [-0.2, 0) is 11.3 Å². The van der Waals surface area contributed by atoms with Crippen LogP contribution < -0.4 is 15.4 Å². The molecular weight excluding hydrogens is 450 g/mol. The predicted octanol–water partition coefficient (Wildman–Crippen LogP) is 4.47. The van der Waals surface area contributed by atoms with Crippen LogP contribution in [0.15, 0.2) is 53.7 Å². The number of carbonyl (C=O) groups excluding carboxylic acids is 2. The summed E-state index contributed by atoms with van der Waals surface area (Å²) in [6.45, 7) is 8.61. The van der Waals surface area contributed by atoms with Crippen molar-refractivity contribution in [1.29, 1.82) is 0 Å². The number of methoxy groups -OCH3 is 1. The van der Waals surface area contributed by atoms with Crippen molar-refractivity contribution < 1.29 is 14.3 Å². The Morgan fingerprint density at radius 1 is 1.09 bits per heavy atom. The van der Waals surface area contributed by atoms with E-state index in [0.29, 0.717) is 28.8 Å². The molecule has 0 saturated heterocycles. The van der Waals surface area contributed by atoms with Gasteiger partial charge in [-0.1, -0.05) is 43.8 Å². The molecule has 3 rings (SSSR count). The van der Waals surface area contributed by atoms with E-state index in [9.17, 15) is 9.59 Å². The number of para-hydroxylation sites is 1. The number of aromatic nitrogens is 3. The summed E-state index contributed by atoms with van der Waals surface area (Å²) < 4.78 is 7.11. The Balaban J connectivity index is 1.71. The van der Waals surface area contributed by atoms with Crippen molar-refractivity contribution in [2.24, 2.45) is 5.92 Å². The van der Waals surface area contributed by atoms with Gasteiger partial charge < -0.3 is 19.9 Å². The van der Waals surface area contributed by atoms with Crippen LogP contribution in [0.2, 0.25) is 0 Å². The van der Waals surface area contributed by atoms with Crippen LogP contribution in [0.4, 0.5) is 5.69 Å². The number of benzene rings is 2. The van der Waals surface area contributed by atoms with E-state index in [1.165, 1.54) is 11.8 Å². The molecule has 1 heterocycles. The van der Waals surface area contributed by atoms with Gasteiger partial charge in [0.25, 0.3) is 5.91 Å². The van der Waals surface area contributed by atoms with E-state index in [1.807, 2.05) is 56.5 Å². The minimum atomic E-state index is -0.336. The highest BCUT2D eigenvalue weighted by atomic mass is 32.2. The molecule has 1 aromatic heterocycles. The first kappa shape index (κ1) is 25.3. The zero-order valence-corrected chi connectivity index (χ0v) is 21.0. The second kappa shape index (κ2) is 11.7. The topological polar surface area (TPSA) is 98.1 Å². The highest BCUT2D eigenvalue weighted by molar-refractivity contribution is 7.99. The highest BCUT2D eigenvalue weighted by Gasteiger charge is 2.26. The quantitative estimate of drug-likeness (QED) is 0.415.